The fourth-order valence-corrected chi connectivity index (χ4v) is 6.17. The minimum Gasteiger partial charge on any atom is -0.381 e. The Morgan fingerprint density at radius 3 is 2.76 bits per heavy atom. The van der Waals surface area contributed by atoms with Crippen molar-refractivity contribution in [1.82, 2.24) is 9.29 Å². The average Bonchev–Trinajstić information content (AvgIpc) is 2.64. The highest BCUT2D eigenvalue weighted by Crippen LogP contribution is 2.39. The maximum Gasteiger partial charge on any atom is 0.246 e. The lowest BCUT2D eigenvalue weighted by atomic mass is 9.81. The van der Waals surface area contributed by atoms with Crippen LogP contribution in [-0.4, -0.2) is 50.6 Å². The quantitative estimate of drug-likeness (QED) is 0.666. The fraction of sp³-hybridized carbons (Fsp3) is 0.500. The standard InChI is InChI=1S/C22H29N3O3S/c1-4-9-22(2)14-25(15-22)29(26,27)20-12-17-7-5-6-8-19(17)24-21(20)23-13-16-10-18(11-16)28-3/h4-8,12,16,18H,1,9-11,13-15H2,2-3H3,(H,23,24). The van der Waals surface area contributed by atoms with Crippen molar-refractivity contribution >= 4 is 26.7 Å². The van der Waals surface area contributed by atoms with Crippen molar-refractivity contribution in [1.29, 1.82) is 0 Å². The molecule has 0 radical (unpaired) electrons. The number of hydrogen-bond donors (Lipinski definition) is 1. The summed E-state index contributed by atoms with van der Waals surface area (Å²) in [5, 5.41) is 4.15. The Balaban J connectivity index is 1.60. The summed E-state index contributed by atoms with van der Waals surface area (Å²) in [6.45, 7) is 7.60. The van der Waals surface area contributed by atoms with E-state index in [1.165, 1.54) is 0 Å². The van der Waals surface area contributed by atoms with Crippen LogP contribution in [0, 0.1) is 11.3 Å². The van der Waals surface area contributed by atoms with Crippen molar-refractivity contribution < 1.29 is 13.2 Å². The number of hydrogen-bond acceptors (Lipinski definition) is 5. The first kappa shape index (κ1) is 20.3. The lowest BCUT2D eigenvalue weighted by molar-refractivity contribution is 0.00559. The van der Waals surface area contributed by atoms with Crippen molar-refractivity contribution in [2.24, 2.45) is 11.3 Å². The van der Waals surface area contributed by atoms with Gasteiger partial charge in [0.25, 0.3) is 0 Å². The van der Waals surface area contributed by atoms with E-state index in [0.29, 0.717) is 37.5 Å². The zero-order valence-corrected chi connectivity index (χ0v) is 17.9. The SMILES string of the molecule is C=CCC1(C)CN(S(=O)(=O)c2cc3ccccc3nc2NCC2CC(OC)C2)C1. The van der Waals surface area contributed by atoms with Crippen LogP contribution in [0.15, 0.2) is 47.9 Å². The highest BCUT2D eigenvalue weighted by atomic mass is 32.2. The summed E-state index contributed by atoms with van der Waals surface area (Å²) in [5.41, 5.74) is 0.755. The van der Waals surface area contributed by atoms with Gasteiger partial charge in [0.05, 0.1) is 11.6 Å². The van der Waals surface area contributed by atoms with Gasteiger partial charge < -0.3 is 10.1 Å². The maximum absolute atomic E-state index is 13.4. The molecule has 0 atom stereocenters. The van der Waals surface area contributed by atoms with Gasteiger partial charge in [-0.2, -0.15) is 4.31 Å². The molecule has 1 aliphatic heterocycles. The molecule has 1 aromatic carbocycles. The Morgan fingerprint density at radius 1 is 1.34 bits per heavy atom. The second-order valence-corrected chi connectivity index (χ2v) is 10.6. The van der Waals surface area contributed by atoms with E-state index in [9.17, 15) is 8.42 Å². The van der Waals surface area contributed by atoms with Crippen LogP contribution < -0.4 is 5.32 Å². The van der Waals surface area contributed by atoms with Crippen molar-refractivity contribution in [3.8, 4) is 0 Å². The molecule has 156 valence electrons. The normalized spacial score (nSPS) is 23.9. The molecule has 2 heterocycles. The average molecular weight is 416 g/mol. The van der Waals surface area contributed by atoms with E-state index >= 15 is 0 Å². The van der Waals surface area contributed by atoms with Gasteiger partial charge >= 0.3 is 0 Å². The van der Waals surface area contributed by atoms with Crippen molar-refractivity contribution in [3.05, 3.63) is 43.0 Å². The molecule has 0 unspecified atom stereocenters. The van der Waals surface area contributed by atoms with Gasteiger partial charge in [-0.15, -0.1) is 6.58 Å². The third kappa shape index (κ3) is 3.91. The first-order valence-corrected chi connectivity index (χ1v) is 11.6. The van der Waals surface area contributed by atoms with Gasteiger partial charge in [0.15, 0.2) is 0 Å². The summed E-state index contributed by atoms with van der Waals surface area (Å²) >= 11 is 0. The molecule has 7 heteroatoms. The lowest BCUT2D eigenvalue weighted by Gasteiger charge is -2.46. The number of allylic oxidation sites excluding steroid dienone is 1. The molecule has 0 amide bonds. The van der Waals surface area contributed by atoms with E-state index < -0.39 is 10.0 Å². The second-order valence-electron chi connectivity index (χ2n) is 8.68. The second kappa shape index (κ2) is 7.70. The van der Waals surface area contributed by atoms with Crippen molar-refractivity contribution in [2.75, 3.05) is 32.1 Å². The largest absolute Gasteiger partial charge is 0.381 e. The van der Waals surface area contributed by atoms with Gasteiger partial charge in [-0.05, 0) is 42.7 Å². The Morgan fingerprint density at radius 2 is 2.07 bits per heavy atom. The molecule has 2 aromatic rings. The highest BCUT2D eigenvalue weighted by Gasteiger charge is 2.45. The zero-order valence-electron chi connectivity index (χ0n) is 17.1. The molecule has 1 saturated heterocycles. The number of sulfonamides is 1. The van der Waals surface area contributed by atoms with E-state index in [4.69, 9.17) is 4.74 Å². The number of pyridine rings is 1. The summed E-state index contributed by atoms with van der Waals surface area (Å²) in [4.78, 5) is 4.92. The van der Waals surface area contributed by atoms with E-state index in [1.54, 1.807) is 17.5 Å². The van der Waals surface area contributed by atoms with Crippen molar-refractivity contribution in [3.63, 3.8) is 0 Å². The third-order valence-electron chi connectivity index (χ3n) is 6.14. The Bertz CT molecular complexity index is 1010. The van der Waals surface area contributed by atoms with Crippen LogP contribution in [0.1, 0.15) is 26.2 Å². The molecular formula is C22H29N3O3S. The van der Waals surface area contributed by atoms with Gasteiger partial charge in [0, 0.05) is 32.1 Å². The molecule has 0 bridgehead atoms. The van der Waals surface area contributed by atoms with E-state index in [0.717, 1.165) is 30.2 Å². The number of benzene rings is 1. The van der Waals surface area contributed by atoms with E-state index in [2.05, 4.69) is 23.8 Å². The lowest BCUT2D eigenvalue weighted by Crippen LogP contribution is -2.56. The minimum absolute atomic E-state index is 0.0339. The predicted octanol–water partition coefficient (Wildman–Crippen LogP) is 3.66. The van der Waals surface area contributed by atoms with Crippen LogP contribution in [0.4, 0.5) is 5.82 Å². The summed E-state index contributed by atoms with van der Waals surface area (Å²) in [5.74, 6) is 0.922. The molecule has 0 spiro atoms. The van der Waals surface area contributed by atoms with Crippen LogP contribution in [0.3, 0.4) is 0 Å². The number of nitrogens with one attached hydrogen (secondary N) is 1. The summed E-state index contributed by atoms with van der Waals surface area (Å²) in [6.07, 6.45) is 4.97. The minimum atomic E-state index is -3.62. The number of anilines is 1. The molecule has 6 nitrogen and oxygen atoms in total. The number of fused-ring (bicyclic) bond motifs is 1. The Labute approximate surface area is 173 Å². The molecule has 1 aliphatic carbocycles. The van der Waals surface area contributed by atoms with Crippen LogP contribution in [0.25, 0.3) is 10.9 Å². The van der Waals surface area contributed by atoms with Crippen LogP contribution in [-0.2, 0) is 14.8 Å². The molecule has 1 aromatic heterocycles. The Kier molecular flexibility index (Phi) is 5.40. The van der Waals surface area contributed by atoms with Gasteiger partial charge in [0.2, 0.25) is 10.0 Å². The zero-order chi connectivity index (χ0) is 20.6. The summed E-state index contributed by atoms with van der Waals surface area (Å²) < 4.78 is 33.7. The van der Waals surface area contributed by atoms with Gasteiger partial charge in [-0.1, -0.05) is 31.2 Å². The number of rotatable bonds is 8. The number of methoxy groups -OCH3 is 1. The summed E-state index contributed by atoms with van der Waals surface area (Å²) in [7, 11) is -1.88. The third-order valence-corrected chi connectivity index (χ3v) is 7.95. The molecule has 1 N–H and O–H groups in total. The topological polar surface area (TPSA) is 71.5 Å². The van der Waals surface area contributed by atoms with E-state index in [1.807, 2.05) is 30.3 Å². The van der Waals surface area contributed by atoms with Gasteiger partial charge in [-0.25, -0.2) is 13.4 Å². The number of ether oxygens (including phenoxy) is 1. The monoisotopic (exact) mass is 415 g/mol. The predicted molar refractivity (Wildman–Crippen MR) is 115 cm³/mol. The van der Waals surface area contributed by atoms with Gasteiger partial charge in [-0.3, -0.25) is 0 Å². The molecule has 4 rings (SSSR count). The molecule has 2 aliphatic rings. The first-order valence-electron chi connectivity index (χ1n) is 10.1. The molecular weight excluding hydrogens is 386 g/mol. The van der Waals surface area contributed by atoms with Crippen LogP contribution >= 0.6 is 0 Å². The Hall–Kier alpha value is -1.96. The maximum atomic E-state index is 13.4. The molecule has 1 saturated carbocycles. The highest BCUT2D eigenvalue weighted by molar-refractivity contribution is 7.89. The number of para-hydroxylation sites is 1. The smallest absolute Gasteiger partial charge is 0.246 e. The number of nitrogens with zero attached hydrogens (tertiary/aromatic N) is 2. The van der Waals surface area contributed by atoms with Gasteiger partial charge in [0.1, 0.15) is 10.7 Å². The van der Waals surface area contributed by atoms with Crippen LogP contribution in [0.5, 0.6) is 0 Å². The molecule has 29 heavy (non-hydrogen) atoms. The number of aromatic nitrogens is 1. The van der Waals surface area contributed by atoms with Crippen LogP contribution in [0.2, 0.25) is 0 Å². The fourth-order valence-electron chi connectivity index (χ4n) is 4.29. The first-order chi connectivity index (χ1) is 13.8. The van der Waals surface area contributed by atoms with E-state index in [-0.39, 0.29) is 10.3 Å². The summed E-state index contributed by atoms with van der Waals surface area (Å²) in [6, 6.07) is 9.38. The van der Waals surface area contributed by atoms with Crippen molar-refractivity contribution in [2.45, 2.75) is 37.2 Å². The molecule has 2 fully saturated rings.